The van der Waals surface area contributed by atoms with Crippen molar-refractivity contribution in [1.29, 1.82) is 0 Å². The minimum absolute atomic E-state index is 0.119. The van der Waals surface area contributed by atoms with E-state index in [1.807, 2.05) is 6.92 Å². The normalized spacial score (nSPS) is 60.7. The Kier molecular flexibility index (Phi) is 2.66. The highest BCUT2D eigenvalue weighted by Gasteiger charge is 2.72. The van der Waals surface area contributed by atoms with E-state index in [4.69, 9.17) is 4.74 Å². The van der Waals surface area contributed by atoms with Gasteiger partial charge in [0.15, 0.2) is 0 Å². The molecule has 0 aromatic heterocycles. The van der Waals surface area contributed by atoms with Gasteiger partial charge in [-0.2, -0.15) is 0 Å². The molecule has 0 aromatic rings. The first-order valence-corrected chi connectivity index (χ1v) is 9.72. The molecule has 1 spiro atoms. The van der Waals surface area contributed by atoms with Crippen molar-refractivity contribution in [2.75, 3.05) is 6.61 Å². The summed E-state index contributed by atoms with van der Waals surface area (Å²) in [5.41, 5.74) is -0.340. The third-order valence-corrected chi connectivity index (χ3v) is 9.05. The molecule has 4 saturated carbocycles. The number of ether oxygens (including phenoxy) is 1. The number of fused-ring (bicyclic) bond motifs is 1. The van der Waals surface area contributed by atoms with Crippen molar-refractivity contribution in [3.63, 3.8) is 0 Å². The number of carbonyl (C=O) groups is 1. The van der Waals surface area contributed by atoms with Crippen LogP contribution in [0.3, 0.4) is 0 Å². The first-order valence-electron chi connectivity index (χ1n) is 9.72. The number of esters is 1. The SMILES string of the molecule is CC12CCC[C@]3(C(=O)OC1)[C@@H]2CC[C@@]12C[C@@H](CC[C@H]13)[C@@](C)(O)C2. The highest BCUT2D eigenvalue weighted by Crippen LogP contribution is 2.74. The van der Waals surface area contributed by atoms with Crippen LogP contribution in [0.15, 0.2) is 0 Å². The van der Waals surface area contributed by atoms with Gasteiger partial charge < -0.3 is 9.84 Å². The Bertz CT molecular complexity index is 569. The fraction of sp³-hybridized carbons (Fsp3) is 0.950. The molecular weight excluding hydrogens is 288 g/mol. The van der Waals surface area contributed by atoms with Gasteiger partial charge in [-0.25, -0.2) is 0 Å². The van der Waals surface area contributed by atoms with Gasteiger partial charge in [0.05, 0.1) is 17.6 Å². The van der Waals surface area contributed by atoms with Gasteiger partial charge in [-0.1, -0.05) is 13.3 Å². The average molecular weight is 318 g/mol. The van der Waals surface area contributed by atoms with Gasteiger partial charge in [-0.15, -0.1) is 0 Å². The summed E-state index contributed by atoms with van der Waals surface area (Å²) in [5, 5.41) is 10.9. The molecule has 1 aliphatic heterocycles. The zero-order valence-electron chi connectivity index (χ0n) is 14.6. The number of carbonyl (C=O) groups excluding carboxylic acids is 1. The molecule has 128 valence electrons. The van der Waals surface area contributed by atoms with E-state index >= 15 is 0 Å². The summed E-state index contributed by atoms with van der Waals surface area (Å²) < 4.78 is 5.81. The standard InChI is InChI=1S/C20H30O3/c1-17-7-3-8-20(16(21)23-12-17)14(17)6-9-19-10-13(4-5-15(19)20)18(2,22)11-19/h13-15,22H,3-12H2,1-2H3/t13-,14-,15-,17?,18+,19+,20+/m1/s1. The Balaban J connectivity index is 1.63. The van der Waals surface area contributed by atoms with Crippen LogP contribution in [-0.4, -0.2) is 23.3 Å². The largest absolute Gasteiger partial charge is 0.465 e. The molecule has 5 fully saturated rings. The topological polar surface area (TPSA) is 46.5 Å². The van der Waals surface area contributed by atoms with Crippen molar-refractivity contribution < 1.29 is 14.6 Å². The summed E-state index contributed by atoms with van der Waals surface area (Å²) in [6.45, 7) is 5.05. The summed E-state index contributed by atoms with van der Waals surface area (Å²) in [6.07, 6.45) is 10.1. The van der Waals surface area contributed by atoms with Crippen LogP contribution in [-0.2, 0) is 9.53 Å². The summed E-state index contributed by atoms with van der Waals surface area (Å²) in [4.78, 5) is 13.1. The minimum atomic E-state index is -0.519. The van der Waals surface area contributed by atoms with E-state index in [0.717, 1.165) is 32.1 Å². The average Bonchev–Trinajstić information content (AvgIpc) is 2.68. The van der Waals surface area contributed by atoms with E-state index in [1.165, 1.54) is 25.7 Å². The Morgan fingerprint density at radius 2 is 1.91 bits per heavy atom. The zero-order valence-corrected chi connectivity index (χ0v) is 14.6. The first-order chi connectivity index (χ1) is 10.8. The van der Waals surface area contributed by atoms with Crippen LogP contribution in [0.1, 0.15) is 71.6 Å². The number of cyclic esters (lactones) is 1. The number of hydrogen-bond donors (Lipinski definition) is 1. The second-order valence-corrected chi connectivity index (χ2v) is 10.1. The molecule has 3 nitrogen and oxygen atoms in total. The second-order valence-electron chi connectivity index (χ2n) is 10.1. The molecule has 1 heterocycles. The fourth-order valence-electron chi connectivity index (χ4n) is 8.30. The molecule has 4 bridgehead atoms. The van der Waals surface area contributed by atoms with Crippen molar-refractivity contribution in [3.8, 4) is 0 Å². The first kappa shape index (κ1) is 14.7. The third kappa shape index (κ3) is 1.59. The molecular formula is C20H30O3. The highest BCUT2D eigenvalue weighted by molar-refractivity contribution is 5.79. The van der Waals surface area contributed by atoms with Crippen molar-refractivity contribution in [2.45, 2.75) is 77.2 Å². The number of rotatable bonds is 0. The molecule has 5 rings (SSSR count). The van der Waals surface area contributed by atoms with Crippen LogP contribution in [0.5, 0.6) is 0 Å². The van der Waals surface area contributed by atoms with Gasteiger partial charge in [0, 0.05) is 5.41 Å². The maximum absolute atomic E-state index is 13.1. The summed E-state index contributed by atoms with van der Waals surface area (Å²) in [6, 6.07) is 0. The Hall–Kier alpha value is -0.570. The number of aliphatic hydroxyl groups is 1. The van der Waals surface area contributed by atoms with Crippen LogP contribution in [0, 0.1) is 34.0 Å². The molecule has 23 heavy (non-hydrogen) atoms. The molecule has 0 amide bonds. The van der Waals surface area contributed by atoms with Crippen molar-refractivity contribution in [3.05, 3.63) is 0 Å². The molecule has 3 heteroatoms. The maximum atomic E-state index is 13.1. The summed E-state index contributed by atoms with van der Waals surface area (Å²) in [7, 11) is 0. The van der Waals surface area contributed by atoms with Gasteiger partial charge in [0.1, 0.15) is 0 Å². The lowest BCUT2D eigenvalue weighted by molar-refractivity contribution is -0.232. The predicted molar refractivity (Wildman–Crippen MR) is 86.6 cm³/mol. The van der Waals surface area contributed by atoms with Crippen molar-refractivity contribution in [1.82, 2.24) is 0 Å². The monoisotopic (exact) mass is 318 g/mol. The quantitative estimate of drug-likeness (QED) is 0.693. The Labute approximate surface area is 139 Å². The van der Waals surface area contributed by atoms with Gasteiger partial charge >= 0.3 is 5.97 Å². The van der Waals surface area contributed by atoms with Crippen molar-refractivity contribution in [2.24, 2.45) is 34.0 Å². The third-order valence-electron chi connectivity index (χ3n) is 9.05. The lowest BCUT2D eigenvalue weighted by atomic mass is 9.39. The zero-order chi connectivity index (χ0) is 16.1. The molecule has 7 atom stereocenters. The predicted octanol–water partition coefficient (Wildman–Crippen LogP) is 3.69. The van der Waals surface area contributed by atoms with E-state index < -0.39 is 5.60 Å². The molecule has 1 saturated heterocycles. The fourth-order valence-corrected chi connectivity index (χ4v) is 8.30. The van der Waals surface area contributed by atoms with E-state index in [1.54, 1.807) is 0 Å². The molecule has 0 radical (unpaired) electrons. The minimum Gasteiger partial charge on any atom is -0.465 e. The van der Waals surface area contributed by atoms with Crippen LogP contribution >= 0.6 is 0 Å². The Morgan fingerprint density at radius 1 is 1.09 bits per heavy atom. The molecule has 1 unspecified atom stereocenters. The molecule has 5 aliphatic rings. The molecule has 4 aliphatic carbocycles. The van der Waals surface area contributed by atoms with E-state index in [9.17, 15) is 9.90 Å². The van der Waals surface area contributed by atoms with Gasteiger partial charge in [0.25, 0.3) is 0 Å². The smallest absolute Gasteiger partial charge is 0.312 e. The van der Waals surface area contributed by atoms with Gasteiger partial charge in [-0.3, -0.25) is 4.79 Å². The van der Waals surface area contributed by atoms with Crippen LogP contribution in [0.2, 0.25) is 0 Å². The molecule has 1 N–H and O–H groups in total. The van der Waals surface area contributed by atoms with Crippen LogP contribution < -0.4 is 0 Å². The second kappa shape index (κ2) is 4.15. The maximum Gasteiger partial charge on any atom is 0.312 e. The van der Waals surface area contributed by atoms with Gasteiger partial charge in [-0.05, 0) is 81.5 Å². The van der Waals surface area contributed by atoms with E-state index in [-0.39, 0.29) is 22.2 Å². The summed E-state index contributed by atoms with van der Waals surface area (Å²) in [5.74, 6) is 1.53. The lowest BCUT2D eigenvalue weighted by Gasteiger charge is -2.65. The Morgan fingerprint density at radius 3 is 2.74 bits per heavy atom. The summed E-state index contributed by atoms with van der Waals surface area (Å²) >= 11 is 0. The highest BCUT2D eigenvalue weighted by atomic mass is 16.5. The van der Waals surface area contributed by atoms with Crippen LogP contribution in [0.25, 0.3) is 0 Å². The number of hydrogen-bond acceptors (Lipinski definition) is 3. The molecule has 0 aromatic carbocycles. The van der Waals surface area contributed by atoms with Crippen LogP contribution in [0.4, 0.5) is 0 Å². The van der Waals surface area contributed by atoms with E-state index in [0.29, 0.717) is 24.4 Å². The van der Waals surface area contributed by atoms with Crippen molar-refractivity contribution >= 4 is 5.97 Å². The van der Waals surface area contributed by atoms with Gasteiger partial charge in [0.2, 0.25) is 0 Å². The van der Waals surface area contributed by atoms with E-state index in [2.05, 4.69) is 6.92 Å². The lowest BCUT2D eigenvalue weighted by Crippen LogP contribution is -2.65.